The van der Waals surface area contributed by atoms with E-state index in [1.54, 1.807) is 0 Å². The van der Waals surface area contributed by atoms with Crippen molar-refractivity contribution in [3.8, 4) is 0 Å². The van der Waals surface area contributed by atoms with Crippen LogP contribution in [0, 0.1) is 5.41 Å². The molecule has 2 rings (SSSR count). The van der Waals surface area contributed by atoms with E-state index in [0.717, 1.165) is 35.1 Å². The normalized spacial score (nSPS) is 19.4. The molecule has 1 aromatic carbocycles. The number of halogens is 2. The van der Waals surface area contributed by atoms with Gasteiger partial charge in [0.05, 0.1) is 0 Å². The molecule has 0 spiro atoms. The van der Waals surface area contributed by atoms with Gasteiger partial charge in [-0.1, -0.05) is 26.8 Å². The van der Waals surface area contributed by atoms with E-state index in [-0.39, 0.29) is 5.41 Å². The Balaban J connectivity index is 2.33. The highest BCUT2D eigenvalue weighted by atomic mass is 79.9. The Hall–Kier alpha value is 0.1000. The molecule has 0 amide bonds. The van der Waals surface area contributed by atoms with Crippen molar-refractivity contribution >= 4 is 31.9 Å². The van der Waals surface area contributed by atoms with Gasteiger partial charge < -0.3 is 5.32 Å². The molecule has 0 unspecified atom stereocenters. The smallest absolute Gasteiger partial charge is 0.0397 e. The number of nitrogens with zero attached hydrogens (tertiary/aromatic N) is 1. The zero-order chi connectivity index (χ0) is 14.0. The summed E-state index contributed by atoms with van der Waals surface area (Å²) in [6.45, 7) is 11.4. The van der Waals surface area contributed by atoms with Gasteiger partial charge in [0.15, 0.2) is 0 Å². The molecular formula is C15H22Br2N2. The van der Waals surface area contributed by atoms with Crippen molar-refractivity contribution in [3.63, 3.8) is 0 Å². The minimum Gasteiger partial charge on any atom is -0.314 e. The molecule has 4 heteroatoms. The SMILES string of the molecule is CC(C)(C)[C@@H](c1ccc(Br)c(Br)c1)N1CCNCC1. The van der Waals surface area contributed by atoms with E-state index in [1.807, 2.05) is 0 Å². The lowest BCUT2D eigenvalue weighted by molar-refractivity contribution is 0.0862. The molecule has 106 valence electrons. The summed E-state index contributed by atoms with van der Waals surface area (Å²) in [5.41, 5.74) is 1.62. The van der Waals surface area contributed by atoms with Gasteiger partial charge in [0.2, 0.25) is 0 Å². The first-order valence-corrected chi connectivity index (χ1v) is 8.38. The molecule has 19 heavy (non-hydrogen) atoms. The zero-order valence-corrected chi connectivity index (χ0v) is 15.0. The lowest BCUT2D eigenvalue weighted by Crippen LogP contribution is -2.48. The fraction of sp³-hybridized carbons (Fsp3) is 0.600. The molecule has 1 N–H and O–H groups in total. The Bertz CT molecular complexity index is 434. The summed E-state index contributed by atoms with van der Waals surface area (Å²) in [6.07, 6.45) is 0. The van der Waals surface area contributed by atoms with Crippen LogP contribution in [0.25, 0.3) is 0 Å². The van der Waals surface area contributed by atoms with Crippen molar-refractivity contribution in [1.82, 2.24) is 10.2 Å². The van der Waals surface area contributed by atoms with Gasteiger partial charge in [0, 0.05) is 41.2 Å². The molecule has 0 saturated carbocycles. The fourth-order valence-corrected chi connectivity index (χ4v) is 3.52. The molecule has 1 aliphatic rings. The van der Waals surface area contributed by atoms with Crippen molar-refractivity contribution < 1.29 is 0 Å². The van der Waals surface area contributed by atoms with Gasteiger partial charge in [-0.3, -0.25) is 4.90 Å². The van der Waals surface area contributed by atoms with Crippen molar-refractivity contribution in [3.05, 3.63) is 32.7 Å². The first-order valence-electron chi connectivity index (χ1n) is 6.79. The lowest BCUT2D eigenvalue weighted by atomic mass is 9.81. The quantitative estimate of drug-likeness (QED) is 0.815. The topological polar surface area (TPSA) is 15.3 Å². The highest BCUT2D eigenvalue weighted by Crippen LogP contribution is 2.39. The van der Waals surface area contributed by atoms with Crippen LogP contribution in [0.1, 0.15) is 32.4 Å². The molecule has 1 aliphatic heterocycles. The summed E-state index contributed by atoms with van der Waals surface area (Å²) < 4.78 is 2.25. The third-order valence-corrected chi connectivity index (χ3v) is 5.48. The van der Waals surface area contributed by atoms with E-state index in [9.17, 15) is 0 Å². The Morgan fingerprint density at radius 2 is 1.74 bits per heavy atom. The minimum atomic E-state index is 0.227. The van der Waals surface area contributed by atoms with Crippen molar-refractivity contribution in [1.29, 1.82) is 0 Å². The van der Waals surface area contributed by atoms with E-state index in [0.29, 0.717) is 6.04 Å². The summed E-state index contributed by atoms with van der Waals surface area (Å²) in [6, 6.07) is 7.09. The molecule has 1 heterocycles. The van der Waals surface area contributed by atoms with Crippen LogP contribution < -0.4 is 5.32 Å². The van der Waals surface area contributed by atoms with E-state index >= 15 is 0 Å². The van der Waals surface area contributed by atoms with Gasteiger partial charge in [-0.25, -0.2) is 0 Å². The molecular weight excluding hydrogens is 368 g/mol. The monoisotopic (exact) mass is 388 g/mol. The van der Waals surface area contributed by atoms with Crippen LogP contribution in [0.15, 0.2) is 27.1 Å². The molecule has 1 fully saturated rings. The van der Waals surface area contributed by atoms with Crippen LogP contribution >= 0.6 is 31.9 Å². The minimum absolute atomic E-state index is 0.227. The van der Waals surface area contributed by atoms with Crippen LogP contribution in [0.3, 0.4) is 0 Å². The number of hydrogen-bond acceptors (Lipinski definition) is 2. The first kappa shape index (κ1) is 15.5. The van der Waals surface area contributed by atoms with Gasteiger partial charge >= 0.3 is 0 Å². The Morgan fingerprint density at radius 1 is 1.11 bits per heavy atom. The second-order valence-corrected chi connectivity index (χ2v) is 7.94. The van der Waals surface area contributed by atoms with Crippen molar-refractivity contribution in [2.75, 3.05) is 26.2 Å². The number of piperazine rings is 1. The largest absolute Gasteiger partial charge is 0.314 e. The molecule has 0 radical (unpaired) electrons. The van der Waals surface area contributed by atoms with Crippen LogP contribution in [-0.2, 0) is 0 Å². The summed E-state index contributed by atoms with van der Waals surface area (Å²) in [5, 5.41) is 3.43. The maximum atomic E-state index is 3.63. The molecule has 1 saturated heterocycles. The zero-order valence-electron chi connectivity index (χ0n) is 11.8. The number of nitrogens with one attached hydrogen (secondary N) is 1. The van der Waals surface area contributed by atoms with Gasteiger partial charge in [0.1, 0.15) is 0 Å². The van der Waals surface area contributed by atoms with Crippen LogP contribution in [0.5, 0.6) is 0 Å². The van der Waals surface area contributed by atoms with Crippen LogP contribution in [0.4, 0.5) is 0 Å². The molecule has 0 aliphatic carbocycles. The summed E-state index contributed by atoms with van der Waals surface area (Å²) in [4.78, 5) is 2.60. The Labute approximate surface area is 133 Å². The van der Waals surface area contributed by atoms with Crippen molar-refractivity contribution in [2.45, 2.75) is 26.8 Å². The maximum absolute atomic E-state index is 3.63. The summed E-state index contributed by atoms with van der Waals surface area (Å²) in [7, 11) is 0. The highest BCUT2D eigenvalue weighted by molar-refractivity contribution is 9.13. The van der Waals surface area contributed by atoms with Gasteiger partial charge in [-0.05, 0) is 55.0 Å². The average molecular weight is 390 g/mol. The molecule has 1 atom stereocenters. The summed E-state index contributed by atoms with van der Waals surface area (Å²) >= 11 is 7.18. The van der Waals surface area contributed by atoms with E-state index in [2.05, 4.69) is 81.0 Å². The third-order valence-electron chi connectivity index (χ3n) is 3.60. The van der Waals surface area contributed by atoms with Crippen LogP contribution in [0.2, 0.25) is 0 Å². The molecule has 0 aromatic heterocycles. The van der Waals surface area contributed by atoms with E-state index < -0.39 is 0 Å². The highest BCUT2D eigenvalue weighted by Gasteiger charge is 2.32. The first-order chi connectivity index (χ1) is 8.89. The third kappa shape index (κ3) is 3.81. The Morgan fingerprint density at radius 3 is 2.26 bits per heavy atom. The predicted octanol–water partition coefficient (Wildman–Crippen LogP) is 4.20. The number of hydrogen-bond donors (Lipinski definition) is 1. The van der Waals surface area contributed by atoms with E-state index in [1.165, 1.54) is 5.56 Å². The fourth-order valence-electron chi connectivity index (χ4n) is 2.88. The van der Waals surface area contributed by atoms with Gasteiger partial charge in [0.25, 0.3) is 0 Å². The number of rotatable bonds is 2. The standard InChI is InChI=1S/C15H22Br2N2/c1-15(2,3)14(19-8-6-18-7-9-19)11-4-5-12(16)13(17)10-11/h4-5,10,14,18H,6-9H2,1-3H3/t14-/m1/s1. The molecule has 2 nitrogen and oxygen atoms in total. The predicted molar refractivity (Wildman–Crippen MR) is 88.5 cm³/mol. The van der Waals surface area contributed by atoms with E-state index in [4.69, 9.17) is 0 Å². The van der Waals surface area contributed by atoms with Gasteiger partial charge in [-0.2, -0.15) is 0 Å². The van der Waals surface area contributed by atoms with Crippen molar-refractivity contribution in [2.24, 2.45) is 5.41 Å². The lowest BCUT2D eigenvalue weighted by Gasteiger charge is -2.42. The maximum Gasteiger partial charge on any atom is 0.0397 e. The second-order valence-electron chi connectivity index (χ2n) is 6.23. The second kappa shape index (κ2) is 6.25. The molecule has 0 bridgehead atoms. The van der Waals surface area contributed by atoms with Gasteiger partial charge in [-0.15, -0.1) is 0 Å². The summed E-state index contributed by atoms with van der Waals surface area (Å²) in [5.74, 6) is 0. The molecule has 1 aromatic rings. The Kier molecular flexibility index (Phi) is 5.09. The van der Waals surface area contributed by atoms with Crippen LogP contribution in [-0.4, -0.2) is 31.1 Å². The average Bonchev–Trinajstić information content (AvgIpc) is 2.34. The number of benzene rings is 1.